The van der Waals surface area contributed by atoms with Gasteiger partial charge in [0, 0.05) is 18.9 Å². The maximum Gasteiger partial charge on any atom is 0.328 e. The maximum absolute atomic E-state index is 11.8. The van der Waals surface area contributed by atoms with Crippen LogP contribution in [-0.4, -0.2) is 31.6 Å². The first-order valence-corrected chi connectivity index (χ1v) is 6.20. The number of hydrogen-bond donors (Lipinski definition) is 2. The predicted molar refractivity (Wildman–Crippen MR) is 79.6 cm³/mol. The van der Waals surface area contributed by atoms with Crippen molar-refractivity contribution in [2.75, 3.05) is 13.7 Å². The van der Waals surface area contributed by atoms with Crippen molar-refractivity contribution in [2.45, 2.75) is 19.4 Å². The summed E-state index contributed by atoms with van der Waals surface area (Å²) >= 11 is 0. The van der Waals surface area contributed by atoms with Crippen LogP contribution in [-0.2, 0) is 20.7 Å². The molecule has 0 radical (unpaired) electrons. The Morgan fingerprint density at radius 3 is 2.40 bits per heavy atom. The van der Waals surface area contributed by atoms with Gasteiger partial charge in [-0.1, -0.05) is 37.3 Å². The highest BCUT2D eigenvalue weighted by Crippen LogP contribution is 2.05. The van der Waals surface area contributed by atoms with Crippen LogP contribution in [0.1, 0.15) is 12.5 Å². The predicted octanol–water partition coefficient (Wildman–Crippen LogP) is 0.903. The second-order valence-electron chi connectivity index (χ2n) is 4.41. The third-order valence-electron chi connectivity index (χ3n) is 2.89. The van der Waals surface area contributed by atoms with Gasteiger partial charge in [-0.05, 0) is 5.56 Å². The zero-order chi connectivity index (χ0) is 14.3. The third kappa shape index (κ3) is 5.59. The number of nitrogens with one attached hydrogen (secondary N) is 1. The van der Waals surface area contributed by atoms with Gasteiger partial charge in [0.2, 0.25) is 5.91 Å². The number of benzene rings is 1. The molecule has 5 nitrogen and oxygen atoms in total. The molecular weight excluding hydrogens is 280 g/mol. The van der Waals surface area contributed by atoms with E-state index in [2.05, 4.69) is 5.32 Å². The molecule has 0 saturated carbocycles. The van der Waals surface area contributed by atoms with Crippen LogP contribution in [0.2, 0.25) is 0 Å². The summed E-state index contributed by atoms with van der Waals surface area (Å²) < 4.78 is 4.71. The second kappa shape index (κ2) is 9.34. The summed E-state index contributed by atoms with van der Waals surface area (Å²) in [5.41, 5.74) is 6.39. The molecular formula is C14H21ClN2O3. The van der Waals surface area contributed by atoms with E-state index < -0.39 is 12.0 Å². The number of carbonyl (C=O) groups excluding carboxylic acids is 2. The van der Waals surface area contributed by atoms with E-state index in [1.807, 2.05) is 30.3 Å². The van der Waals surface area contributed by atoms with E-state index in [0.717, 1.165) is 5.56 Å². The summed E-state index contributed by atoms with van der Waals surface area (Å²) in [6.07, 6.45) is 0.399. The number of carbonyl (C=O) groups is 2. The molecule has 112 valence electrons. The molecule has 0 aliphatic carbocycles. The molecule has 0 spiro atoms. The average molecular weight is 301 g/mol. The molecule has 0 heterocycles. The van der Waals surface area contributed by atoms with Crippen LogP contribution < -0.4 is 11.1 Å². The normalized spacial score (nSPS) is 12.8. The Morgan fingerprint density at radius 2 is 1.90 bits per heavy atom. The smallest absolute Gasteiger partial charge is 0.328 e. The lowest BCUT2D eigenvalue weighted by atomic mass is 10.0. The molecule has 1 rings (SSSR count). The minimum absolute atomic E-state index is 0. The van der Waals surface area contributed by atoms with E-state index in [0.29, 0.717) is 6.42 Å². The first-order chi connectivity index (χ1) is 9.08. The van der Waals surface area contributed by atoms with E-state index >= 15 is 0 Å². The lowest BCUT2D eigenvalue weighted by Crippen LogP contribution is -2.46. The molecule has 1 aromatic rings. The van der Waals surface area contributed by atoms with Crippen LogP contribution in [0.4, 0.5) is 0 Å². The van der Waals surface area contributed by atoms with Crippen molar-refractivity contribution >= 4 is 24.3 Å². The first-order valence-electron chi connectivity index (χ1n) is 6.20. The summed E-state index contributed by atoms with van der Waals surface area (Å²) in [6.45, 7) is 1.96. The third-order valence-corrected chi connectivity index (χ3v) is 2.89. The van der Waals surface area contributed by atoms with Crippen LogP contribution in [0.25, 0.3) is 0 Å². The Balaban J connectivity index is 0.00000361. The van der Waals surface area contributed by atoms with Gasteiger partial charge in [-0.3, -0.25) is 4.79 Å². The Hall–Kier alpha value is -1.59. The SMILES string of the molecule is COC(=O)C(Cc1ccccc1)NC(=O)C(C)CN.Cl. The van der Waals surface area contributed by atoms with Crippen LogP contribution in [0.3, 0.4) is 0 Å². The van der Waals surface area contributed by atoms with Gasteiger partial charge in [-0.15, -0.1) is 12.4 Å². The Kier molecular flexibility index (Phi) is 8.59. The largest absolute Gasteiger partial charge is 0.467 e. The molecule has 1 aromatic carbocycles. The first kappa shape index (κ1) is 18.4. The summed E-state index contributed by atoms with van der Waals surface area (Å²) in [5, 5.41) is 2.67. The number of hydrogen-bond acceptors (Lipinski definition) is 4. The number of esters is 1. The van der Waals surface area contributed by atoms with E-state index in [4.69, 9.17) is 10.5 Å². The molecule has 0 bridgehead atoms. The van der Waals surface area contributed by atoms with Gasteiger partial charge in [0.05, 0.1) is 7.11 Å². The van der Waals surface area contributed by atoms with Gasteiger partial charge >= 0.3 is 5.97 Å². The summed E-state index contributed by atoms with van der Waals surface area (Å²) in [5.74, 6) is -1.03. The highest BCUT2D eigenvalue weighted by Gasteiger charge is 2.23. The average Bonchev–Trinajstić information content (AvgIpc) is 2.45. The minimum atomic E-state index is -0.686. The summed E-state index contributed by atoms with van der Waals surface area (Å²) in [7, 11) is 1.30. The lowest BCUT2D eigenvalue weighted by molar-refractivity contribution is -0.145. The minimum Gasteiger partial charge on any atom is -0.467 e. The monoisotopic (exact) mass is 300 g/mol. The fraction of sp³-hybridized carbons (Fsp3) is 0.429. The lowest BCUT2D eigenvalue weighted by Gasteiger charge is -2.18. The molecule has 2 atom stereocenters. The fourth-order valence-corrected chi connectivity index (χ4v) is 1.61. The van der Waals surface area contributed by atoms with Crippen molar-refractivity contribution < 1.29 is 14.3 Å². The van der Waals surface area contributed by atoms with Gasteiger partial charge < -0.3 is 15.8 Å². The highest BCUT2D eigenvalue weighted by molar-refractivity contribution is 5.86. The molecule has 0 saturated heterocycles. The number of methoxy groups -OCH3 is 1. The number of rotatable bonds is 6. The Bertz CT molecular complexity index is 426. The van der Waals surface area contributed by atoms with Crippen LogP contribution >= 0.6 is 12.4 Å². The number of halogens is 1. The standard InChI is InChI=1S/C14H20N2O3.ClH/c1-10(9-15)13(17)16-12(14(18)19-2)8-11-6-4-3-5-7-11;/h3-7,10,12H,8-9,15H2,1-2H3,(H,16,17);1H. The molecule has 3 N–H and O–H groups in total. The van der Waals surface area contributed by atoms with E-state index in [-0.39, 0.29) is 30.8 Å². The van der Waals surface area contributed by atoms with E-state index in [1.165, 1.54) is 7.11 Å². The van der Waals surface area contributed by atoms with Crippen LogP contribution in [0.5, 0.6) is 0 Å². The molecule has 0 aromatic heterocycles. The van der Waals surface area contributed by atoms with Crippen molar-refractivity contribution in [3.63, 3.8) is 0 Å². The van der Waals surface area contributed by atoms with Gasteiger partial charge in [-0.25, -0.2) is 4.79 Å². The number of ether oxygens (including phenoxy) is 1. The van der Waals surface area contributed by atoms with Gasteiger partial charge in [0.1, 0.15) is 6.04 Å². The highest BCUT2D eigenvalue weighted by atomic mass is 35.5. The van der Waals surface area contributed by atoms with Crippen LogP contribution in [0, 0.1) is 5.92 Å². The Labute approximate surface area is 125 Å². The number of nitrogens with two attached hydrogens (primary N) is 1. The molecule has 0 fully saturated rings. The molecule has 20 heavy (non-hydrogen) atoms. The van der Waals surface area contributed by atoms with Crippen molar-refractivity contribution in [3.8, 4) is 0 Å². The second-order valence-corrected chi connectivity index (χ2v) is 4.41. The summed E-state index contributed by atoms with van der Waals surface area (Å²) in [4.78, 5) is 23.5. The van der Waals surface area contributed by atoms with Crippen LogP contribution in [0.15, 0.2) is 30.3 Å². The van der Waals surface area contributed by atoms with Crippen molar-refractivity contribution in [2.24, 2.45) is 11.7 Å². The van der Waals surface area contributed by atoms with E-state index in [9.17, 15) is 9.59 Å². The molecule has 0 aliphatic rings. The van der Waals surface area contributed by atoms with Gasteiger partial charge in [0.25, 0.3) is 0 Å². The van der Waals surface area contributed by atoms with Gasteiger partial charge in [0.15, 0.2) is 0 Å². The fourth-order valence-electron chi connectivity index (χ4n) is 1.61. The Morgan fingerprint density at radius 1 is 1.30 bits per heavy atom. The van der Waals surface area contributed by atoms with E-state index in [1.54, 1.807) is 6.92 Å². The topological polar surface area (TPSA) is 81.4 Å². The van der Waals surface area contributed by atoms with Crippen molar-refractivity contribution in [3.05, 3.63) is 35.9 Å². The zero-order valence-electron chi connectivity index (χ0n) is 11.7. The maximum atomic E-state index is 11.8. The van der Waals surface area contributed by atoms with Gasteiger partial charge in [-0.2, -0.15) is 0 Å². The van der Waals surface area contributed by atoms with Crippen molar-refractivity contribution in [1.82, 2.24) is 5.32 Å². The van der Waals surface area contributed by atoms with Crippen molar-refractivity contribution in [1.29, 1.82) is 0 Å². The molecule has 1 amide bonds. The molecule has 2 unspecified atom stereocenters. The quantitative estimate of drug-likeness (QED) is 0.765. The molecule has 0 aliphatic heterocycles. The molecule has 6 heteroatoms. The number of amides is 1. The zero-order valence-corrected chi connectivity index (χ0v) is 12.5. The summed E-state index contributed by atoms with van der Waals surface area (Å²) in [6, 6.07) is 8.77.